The van der Waals surface area contributed by atoms with Crippen LogP contribution in [-0.2, 0) is 20.7 Å². The molecular weight excluding hydrogens is 320 g/mol. The highest BCUT2D eigenvalue weighted by molar-refractivity contribution is 5.85. The maximum atomic E-state index is 12.8. The average molecular weight is 346 g/mol. The Balaban J connectivity index is 1.57. The SMILES string of the molecule is O=C1CCCCCN1CC(=O)N1CCOCC1CCc1cnccn1. The van der Waals surface area contributed by atoms with Gasteiger partial charge in [-0.05, 0) is 25.7 Å². The fraction of sp³-hybridized carbons (Fsp3) is 0.667. The number of rotatable bonds is 5. The molecule has 2 fully saturated rings. The number of hydrogen-bond acceptors (Lipinski definition) is 5. The predicted octanol–water partition coefficient (Wildman–Crippen LogP) is 1.04. The smallest absolute Gasteiger partial charge is 0.242 e. The molecule has 7 heteroatoms. The van der Waals surface area contributed by atoms with Gasteiger partial charge in [-0.15, -0.1) is 0 Å². The summed E-state index contributed by atoms with van der Waals surface area (Å²) in [7, 11) is 0. The topological polar surface area (TPSA) is 75.6 Å². The number of carbonyl (C=O) groups is 2. The van der Waals surface area contributed by atoms with E-state index in [1.54, 1.807) is 23.5 Å². The summed E-state index contributed by atoms with van der Waals surface area (Å²) in [5, 5.41) is 0. The second-order valence-corrected chi connectivity index (χ2v) is 6.68. The lowest BCUT2D eigenvalue weighted by Gasteiger charge is -2.37. The Kier molecular flexibility index (Phi) is 6.33. The molecule has 3 rings (SSSR count). The van der Waals surface area contributed by atoms with Gasteiger partial charge in [0.15, 0.2) is 0 Å². The number of aryl methyl sites for hydroxylation is 1. The third-order valence-electron chi connectivity index (χ3n) is 4.90. The third kappa shape index (κ3) is 4.98. The highest BCUT2D eigenvalue weighted by Crippen LogP contribution is 2.16. The molecule has 0 N–H and O–H groups in total. The standard InChI is InChI=1S/C18H26N4O3/c23-17-4-2-1-3-9-21(17)13-18(24)22-10-11-25-14-16(22)6-5-15-12-19-7-8-20-15/h7-8,12,16H,1-6,9-11,13-14H2. The molecule has 1 unspecified atom stereocenters. The van der Waals surface area contributed by atoms with Gasteiger partial charge in [0.1, 0.15) is 0 Å². The summed E-state index contributed by atoms with van der Waals surface area (Å²) in [5.74, 6) is 0.137. The molecule has 2 aliphatic heterocycles. The quantitative estimate of drug-likeness (QED) is 0.796. The average Bonchev–Trinajstić information content (AvgIpc) is 2.85. The molecule has 2 aliphatic rings. The Morgan fingerprint density at radius 3 is 3.00 bits per heavy atom. The lowest BCUT2D eigenvalue weighted by molar-refractivity contribution is -0.146. The minimum Gasteiger partial charge on any atom is -0.377 e. The Bertz CT molecular complexity index is 581. The van der Waals surface area contributed by atoms with Crippen LogP contribution < -0.4 is 0 Å². The zero-order chi connectivity index (χ0) is 17.5. The number of nitrogens with zero attached hydrogens (tertiary/aromatic N) is 4. The molecule has 0 bridgehead atoms. The molecule has 2 saturated heterocycles. The molecule has 0 aromatic carbocycles. The first-order valence-electron chi connectivity index (χ1n) is 9.14. The van der Waals surface area contributed by atoms with E-state index in [4.69, 9.17) is 4.74 Å². The molecule has 0 radical (unpaired) electrons. The number of ether oxygens (including phenoxy) is 1. The predicted molar refractivity (Wildman–Crippen MR) is 91.7 cm³/mol. The van der Waals surface area contributed by atoms with E-state index >= 15 is 0 Å². The van der Waals surface area contributed by atoms with Crippen LogP contribution in [0, 0.1) is 0 Å². The molecule has 0 saturated carbocycles. The first-order chi connectivity index (χ1) is 12.2. The molecule has 7 nitrogen and oxygen atoms in total. The Labute approximate surface area is 148 Å². The number of morpholine rings is 1. The van der Waals surface area contributed by atoms with Crippen LogP contribution in [0.15, 0.2) is 18.6 Å². The van der Waals surface area contributed by atoms with Crippen LogP contribution in [0.3, 0.4) is 0 Å². The Morgan fingerprint density at radius 1 is 1.24 bits per heavy atom. The van der Waals surface area contributed by atoms with E-state index in [1.807, 2.05) is 4.90 Å². The van der Waals surface area contributed by atoms with Crippen molar-refractivity contribution in [2.75, 3.05) is 32.8 Å². The lowest BCUT2D eigenvalue weighted by Crippen LogP contribution is -2.52. The Morgan fingerprint density at radius 2 is 2.16 bits per heavy atom. The first-order valence-corrected chi connectivity index (χ1v) is 9.14. The molecule has 1 atom stereocenters. The molecule has 136 valence electrons. The van der Waals surface area contributed by atoms with Gasteiger partial charge in [-0.1, -0.05) is 6.42 Å². The third-order valence-corrected chi connectivity index (χ3v) is 4.90. The molecule has 0 aliphatic carbocycles. The molecule has 0 spiro atoms. The molecule has 25 heavy (non-hydrogen) atoms. The van der Waals surface area contributed by atoms with Crippen molar-refractivity contribution in [3.63, 3.8) is 0 Å². The maximum absolute atomic E-state index is 12.8. The van der Waals surface area contributed by atoms with Crippen LogP contribution in [0.25, 0.3) is 0 Å². The fourth-order valence-corrected chi connectivity index (χ4v) is 3.46. The summed E-state index contributed by atoms with van der Waals surface area (Å²) in [6.45, 7) is 2.58. The number of aromatic nitrogens is 2. The van der Waals surface area contributed by atoms with Gasteiger partial charge in [0.2, 0.25) is 11.8 Å². The lowest BCUT2D eigenvalue weighted by atomic mass is 10.1. The van der Waals surface area contributed by atoms with Crippen molar-refractivity contribution < 1.29 is 14.3 Å². The van der Waals surface area contributed by atoms with E-state index in [0.29, 0.717) is 32.7 Å². The van der Waals surface area contributed by atoms with Crippen molar-refractivity contribution in [1.29, 1.82) is 0 Å². The van der Waals surface area contributed by atoms with Crippen LogP contribution in [-0.4, -0.2) is 70.5 Å². The normalized spacial score (nSPS) is 21.9. The first kappa shape index (κ1) is 17.8. The number of carbonyl (C=O) groups excluding carboxylic acids is 2. The van der Waals surface area contributed by atoms with Crippen LogP contribution in [0.5, 0.6) is 0 Å². The van der Waals surface area contributed by atoms with Gasteiger partial charge < -0.3 is 14.5 Å². The summed E-state index contributed by atoms with van der Waals surface area (Å²) in [4.78, 5) is 36.9. The number of hydrogen-bond donors (Lipinski definition) is 0. The van der Waals surface area contributed by atoms with E-state index in [-0.39, 0.29) is 24.4 Å². The second-order valence-electron chi connectivity index (χ2n) is 6.68. The summed E-state index contributed by atoms with van der Waals surface area (Å²) in [6, 6.07) is 0.0327. The monoisotopic (exact) mass is 346 g/mol. The van der Waals surface area contributed by atoms with Crippen molar-refractivity contribution in [2.45, 2.75) is 44.6 Å². The highest BCUT2D eigenvalue weighted by Gasteiger charge is 2.29. The van der Waals surface area contributed by atoms with Gasteiger partial charge in [-0.3, -0.25) is 19.6 Å². The van der Waals surface area contributed by atoms with Crippen LogP contribution in [0.4, 0.5) is 0 Å². The van der Waals surface area contributed by atoms with E-state index in [1.165, 1.54) is 0 Å². The largest absolute Gasteiger partial charge is 0.377 e. The van der Waals surface area contributed by atoms with E-state index in [0.717, 1.165) is 37.8 Å². The van der Waals surface area contributed by atoms with Crippen molar-refractivity contribution in [2.24, 2.45) is 0 Å². The molecular formula is C18H26N4O3. The minimum atomic E-state index is 0.0303. The zero-order valence-corrected chi connectivity index (χ0v) is 14.6. The number of amides is 2. The van der Waals surface area contributed by atoms with Gasteiger partial charge in [-0.2, -0.15) is 0 Å². The van der Waals surface area contributed by atoms with Gasteiger partial charge >= 0.3 is 0 Å². The van der Waals surface area contributed by atoms with Crippen LogP contribution in [0.1, 0.15) is 37.8 Å². The summed E-state index contributed by atoms with van der Waals surface area (Å²) < 4.78 is 5.57. The fourth-order valence-electron chi connectivity index (χ4n) is 3.46. The Hall–Kier alpha value is -2.02. The summed E-state index contributed by atoms with van der Waals surface area (Å²) >= 11 is 0. The molecule has 2 amide bonds. The van der Waals surface area contributed by atoms with Crippen molar-refractivity contribution in [3.05, 3.63) is 24.3 Å². The number of likely N-dealkylation sites (tertiary alicyclic amines) is 1. The van der Waals surface area contributed by atoms with Crippen molar-refractivity contribution in [3.8, 4) is 0 Å². The van der Waals surface area contributed by atoms with Crippen LogP contribution in [0.2, 0.25) is 0 Å². The maximum Gasteiger partial charge on any atom is 0.242 e. The zero-order valence-electron chi connectivity index (χ0n) is 14.6. The molecule has 1 aromatic rings. The van der Waals surface area contributed by atoms with E-state index < -0.39 is 0 Å². The van der Waals surface area contributed by atoms with Crippen molar-refractivity contribution >= 4 is 11.8 Å². The molecule has 1 aromatic heterocycles. The van der Waals surface area contributed by atoms with Crippen molar-refractivity contribution in [1.82, 2.24) is 19.8 Å². The second kappa shape index (κ2) is 8.89. The summed E-state index contributed by atoms with van der Waals surface area (Å²) in [6.07, 6.45) is 10.2. The minimum absolute atomic E-state index is 0.0303. The van der Waals surface area contributed by atoms with Crippen LogP contribution >= 0.6 is 0 Å². The van der Waals surface area contributed by atoms with E-state index in [2.05, 4.69) is 9.97 Å². The highest BCUT2D eigenvalue weighted by atomic mass is 16.5. The van der Waals surface area contributed by atoms with Gasteiger partial charge in [-0.25, -0.2) is 0 Å². The van der Waals surface area contributed by atoms with E-state index in [9.17, 15) is 9.59 Å². The summed E-state index contributed by atoms with van der Waals surface area (Å²) in [5.41, 5.74) is 0.920. The molecule has 3 heterocycles. The van der Waals surface area contributed by atoms with Gasteiger partial charge in [0.05, 0.1) is 31.5 Å². The van der Waals surface area contributed by atoms with Gasteiger partial charge in [0.25, 0.3) is 0 Å². The van der Waals surface area contributed by atoms with Gasteiger partial charge in [0, 0.05) is 38.1 Å².